The van der Waals surface area contributed by atoms with Crippen molar-refractivity contribution in [2.24, 2.45) is 0 Å². The fourth-order valence-corrected chi connectivity index (χ4v) is 3.97. The molecule has 0 aromatic heterocycles. The van der Waals surface area contributed by atoms with Crippen molar-refractivity contribution in [3.05, 3.63) is 59.7 Å². The van der Waals surface area contributed by atoms with Gasteiger partial charge in [0, 0.05) is 38.3 Å². The molecule has 0 bridgehead atoms. The lowest BCUT2D eigenvalue weighted by Gasteiger charge is -2.35. The van der Waals surface area contributed by atoms with Crippen molar-refractivity contribution < 1.29 is 32.6 Å². The SMILES string of the molecule is O=C(c1ccc(OCC2CCCO2)cc1)N1CCN(C(=O)c2ccccc2OC(F)F)CC1. The summed E-state index contributed by atoms with van der Waals surface area (Å²) in [5.41, 5.74) is 0.617. The summed E-state index contributed by atoms with van der Waals surface area (Å²) in [5.74, 6) is 0.000239. The Morgan fingerprint density at radius 3 is 2.27 bits per heavy atom. The Balaban J connectivity index is 1.30. The molecule has 33 heavy (non-hydrogen) atoms. The van der Waals surface area contributed by atoms with Crippen molar-refractivity contribution in [1.29, 1.82) is 0 Å². The molecule has 2 aromatic carbocycles. The molecule has 2 aliphatic heterocycles. The third-order valence-corrected chi connectivity index (χ3v) is 5.75. The fraction of sp³-hybridized carbons (Fsp3) is 0.417. The molecular formula is C24H26F2N2O5. The maximum Gasteiger partial charge on any atom is 0.387 e. The molecule has 0 saturated carbocycles. The Morgan fingerprint density at radius 1 is 0.970 bits per heavy atom. The summed E-state index contributed by atoms with van der Waals surface area (Å²) >= 11 is 0. The number of alkyl halides is 2. The van der Waals surface area contributed by atoms with E-state index in [0.29, 0.717) is 44.1 Å². The molecule has 2 amide bonds. The number of carbonyl (C=O) groups excluding carboxylic acids is 2. The topological polar surface area (TPSA) is 68.3 Å². The predicted octanol–water partition coefficient (Wildman–Crippen LogP) is 3.44. The van der Waals surface area contributed by atoms with Crippen LogP contribution >= 0.6 is 0 Å². The van der Waals surface area contributed by atoms with Crippen LogP contribution in [0.2, 0.25) is 0 Å². The van der Waals surface area contributed by atoms with Crippen molar-refractivity contribution in [2.75, 3.05) is 39.4 Å². The van der Waals surface area contributed by atoms with Crippen LogP contribution in [-0.4, -0.2) is 73.7 Å². The van der Waals surface area contributed by atoms with Crippen molar-refractivity contribution in [2.45, 2.75) is 25.6 Å². The molecule has 9 heteroatoms. The van der Waals surface area contributed by atoms with Gasteiger partial charge in [-0.1, -0.05) is 12.1 Å². The highest BCUT2D eigenvalue weighted by molar-refractivity contribution is 5.97. The van der Waals surface area contributed by atoms with E-state index in [0.717, 1.165) is 19.4 Å². The molecule has 0 radical (unpaired) electrons. The average Bonchev–Trinajstić information content (AvgIpc) is 3.36. The number of hydrogen-bond acceptors (Lipinski definition) is 5. The highest BCUT2D eigenvalue weighted by Gasteiger charge is 2.27. The number of halogens is 2. The number of piperazine rings is 1. The summed E-state index contributed by atoms with van der Waals surface area (Å²) in [5, 5.41) is 0. The summed E-state index contributed by atoms with van der Waals surface area (Å²) in [4.78, 5) is 28.9. The average molecular weight is 460 g/mol. The van der Waals surface area contributed by atoms with Crippen LogP contribution in [0.25, 0.3) is 0 Å². The number of rotatable bonds is 7. The lowest BCUT2D eigenvalue weighted by molar-refractivity contribution is -0.0503. The van der Waals surface area contributed by atoms with Gasteiger partial charge in [0.15, 0.2) is 0 Å². The summed E-state index contributed by atoms with van der Waals surface area (Å²) in [6, 6.07) is 12.9. The Morgan fingerprint density at radius 2 is 1.64 bits per heavy atom. The highest BCUT2D eigenvalue weighted by atomic mass is 19.3. The molecule has 2 aromatic rings. The molecule has 1 atom stereocenters. The van der Waals surface area contributed by atoms with Gasteiger partial charge in [-0.05, 0) is 49.2 Å². The first-order valence-corrected chi connectivity index (χ1v) is 11.0. The standard InChI is InChI=1S/C24H26F2N2O5/c25-24(26)33-21-6-2-1-5-20(21)23(30)28-13-11-27(12-14-28)22(29)17-7-9-18(10-8-17)32-16-19-4-3-15-31-19/h1-2,5-10,19,24H,3-4,11-16H2. The smallest absolute Gasteiger partial charge is 0.387 e. The van der Waals surface area contributed by atoms with Crippen LogP contribution < -0.4 is 9.47 Å². The molecule has 1 unspecified atom stereocenters. The van der Waals surface area contributed by atoms with E-state index >= 15 is 0 Å². The first-order chi connectivity index (χ1) is 16.0. The van der Waals surface area contributed by atoms with E-state index in [1.807, 2.05) is 0 Å². The minimum atomic E-state index is -3.01. The van der Waals surface area contributed by atoms with Crippen LogP contribution in [0.15, 0.2) is 48.5 Å². The normalized spacial score (nSPS) is 18.5. The quantitative estimate of drug-likeness (QED) is 0.633. The highest BCUT2D eigenvalue weighted by Crippen LogP contribution is 2.23. The zero-order valence-corrected chi connectivity index (χ0v) is 18.1. The summed E-state index contributed by atoms with van der Waals surface area (Å²) < 4.78 is 41.0. The Hall–Kier alpha value is -3.20. The Bertz CT molecular complexity index is 956. The number of amides is 2. The van der Waals surface area contributed by atoms with Crippen molar-refractivity contribution in [3.63, 3.8) is 0 Å². The van der Waals surface area contributed by atoms with E-state index in [2.05, 4.69) is 4.74 Å². The molecular weight excluding hydrogens is 434 g/mol. The molecule has 2 fully saturated rings. The second-order valence-electron chi connectivity index (χ2n) is 7.93. The van der Waals surface area contributed by atoms with Gasteiger partial charge in [0.25, 0.3) is 11.8 Å². The van der Waals surface area contributed by atoms with Gasteiger partial charge >= 0.3 is 6.61 Å². The Labute approximate surface area is 190 Å². The van der Waals surface area contributed by atoms with E-state index in [1.54, 1.807) is 40.1 Å². The first-order valence-electron chi connectivity index (χ1n) is 11.0. The van der Waals surface area contributed by atoms with Gasteiger partial charge in [-0.15, -0.1) is 0 Å². The van der Waals surface area contributed by atoms with Gasteiger partial charge in [0.05, 0.1) is 11.7 Å². The molecule has 0 N–H and O–H groups in total. The zero-order chi connectivity index (χ0) is 23.2. The largest absolute Gasteiger partial charge is 0.491 e. The molecule has 0 spiro atoms. The predicted molar refractivity (Wildman–Crippen MR) is 116 cm³/mol. The summed E-state index contributed by atoms with van der Waals surface area (Å²) in [7, 11) is 0. The van der Waals surface area contributed by atoms with Crippen LogP contribution in [0, 0.1) is 0 Å². The molecule has 4 rings (SSSR count). The van der Waals surface area contributed by atoms with E-state index < -0.39 is 12.5 Å². The molecule has 176 valence electrons. The minimum absolute atomic E-state index is 0.0798. The number of ether oxygens (including phenoxy) is 3. The Kier molecular flexibility index (Phi) is 7.39. The van der Waals surface area contributed by atoms with E-state index in [1.165, 1.54) is 18.2 Å². The number of nitrogens with zero attached hydrogens (tertiary/aromatic N) is 2. The second kappa shape index (κ2) is 10.6. The van der Waals surface area contributed by atoms with Gasteiger partial charge < -0.3 is 24.0 Å². The number of para-hydroxylation sites is 1. The van der Waals surface area contributed by atoms with Crippen LogP contribution in [0.4, 0.5) is 8.78 Å². The van der Waals surface area contributed by atoms with E-state index in [4.69, 9.17) is 9.47 Å². The first kappa shape index (κ1) is 23.0. The molecule has 0 aliphatic carbocycles. The maximum absolute atomic E-state index is 12.9. The molecule has 7 nitrogen and oxygen atoms in total. The number of carbonyl (C=O) groups is 2. The maximum atomic E-state index is 12.9. The van der Waals surface area contributed by atoms with Crippen molar-refractivity contribution in [3.8, 4) is 11.5 Å². The second-order valence-corrected chi connectivity index (χ2v) is 7.93. The molecule has 2 saturated heterocycles. The van der Waals surface area contributed by atoms with E-state index in [9.17, 15) is 18.4 Å². The molecule has 2 heterocycles. The summed E-state index contributed by atoms with van der Waals surface area (Å²) in [6.07, 6.45) is 2.17. The lowest BCUT2D eigenvalue weighted by Crippen LogP contribution is -2.50. The van der Waals surface area contributed by atoms with Crippen LogP contribution in [0.3, 0.4) is 0 Å². The van der Waals surface area contributed by atoms with Crippen LogP contribution in [0.1, 0.15) is 33.6 Å². The van der Waals surface area contributed by atoms with Crippen molar-refractivity contribution >= 4 is 11.8 Å². The van der Waals surface area contributed by atoms with Gasteiger partial charge in [-0.3, -0.25) is 9.59 Å². The van der Waals surface area contributed by atoms with Gasteiger partial charge in [0.2, 0.25) is 0 Å². The van der Waals surface area contributed by atoms with Crippen LogP contribution in [0.5, 0.6) is 11.5 Å². The third kappa shape index (κ3) is 5.78. The zero-order valence-electron chi connectivity index (χ0n) is 18.1. The van der Waals surface area contributed by atoms with Gasteiger partial charge in [0.1, 0.15) is 18.1 Å². The third-order valence-electron chi connectivity index (χ3n) is 5.75. The van der Waals surface area contributed by atoms with Gasteiger partial charge in [-0.2, -0.15) is 8.78 Å². The van der Waals surface area contributed by atoms with Crippen LogP contribution in [-0.2, 0) is 4.74 Å². The minimum Gasteiger partial charge on any atom is -0.491 e. The lowest BCUT2D eigenvalue weighted by atomic mass is 10.1. The van der Waals surface area contributed by atoms with Crippen molar-refractivity contribution in [1.82, 2.24) is 9.80 Å². The molecule has 2 aliphatic rings. The number of hydrogen-bond donors (Lipinski definition) is 0. The monoisotopic (exact) mass is 460 g/mol. The fourth-order valence-electron chi connectivity index (χ4n) is 3.97. The number of benzene rings is 2. The van der Waals surface area contributed by atoms with Gasteiger partial charge in [-0.25, -0.2) is 0 Å². The van der Waals surface area contributed by atoms with E-state index in [-0.39, 0.29) is 23.3 Å². The summed E-state index contributed by atoms with van der Waals surface area (Å²) in [6.45, 7) is -0.446.